The van der Waals surface area contributed by atoms with Crippen molar-refractivity contribution in [3.8, 4) is 0 Å². The number of ether oxygens (including phenoxy) is 1. The summed E-state index contributed by atoms with van der Waals surface area (Å²) in [5.74, 6) is 0. The van der Waals surface area contributed by atoms with Gasteiger partial charge in [0.15, 0.2) is 0 Å². The van der Waals surface area contributed by atoms with E-state index in [-0.39, 0.29) is 0 Å². The smallest absolute Gasteiger partial charge is 0.0724 e. The molecule has 0 aromatic heterocycles. The second-order valence-electron chi connectivity index (χ2n) is 5.17. The number of hydrogen-bond donors (Lipinski definition) is 1. The molecule has 94 valence electrons. The molecule has 1 saturated carbocycles. The zero-order chi connectivity index (χ0) is 11.2. The first-order valence-corrected chi connectivity index (χ1v) is 6.88. The largest absolute Gasteiger partial charge is 0.380 e. The molecule has 1 aliphatic heterocycles. The lowest BCUT2D eigenvalue weighted by atomic mass is 9.92. The van der Waals surface area contributed by atoms with E-state index in [0.29, 0.717) is 12.1 Å². The summed E-state index contributed by atoms with van der Waals surface area (Å²) in [6.45, 7) is 4.96. The Morgan fingerprint density at radius 3 is 2.62 bits per heavy atom. The maximum atomic E-state index is 5.55. The SMILES string of the molecule is COC1CCCCC1NCCN1CCCC1. The minimum atomic E-state index is 0.451. The van der Waals surface area contributed by atoms with Gasteiger partial charge in [0.05, 0.1) is 6.10 Å². The molecule has 0 radical (unpaired) electrons. The van der Waals surface area contributed by atoms with Crippen LogP contribution in [0.2, 0.25) is 0 Å². The summed E-state index contributed by atoms with van der Waals surface area (Å²) in [4.78, 5) is 2.57. The van der Waals surface area contributed by atoms with Crippen LogP contribution in [-0.4, -0.2) is 50.3 Å². The molecule has 3 nitrogen and oxygen atoms in total. The third-order valence-corrected chi connectivity index (χ3v) is 4.04. The molecule has 0 amide bonds. The maximum Gasteiger partial charge on any atom is 0.0724 e. The molecule has 0 aromatic carbocycles. The normalized spacial score (nSPS) is 32.1. The van der Waals surface area contributed by atoms with Gasteiger partial charge in [-0.1, -0.05) is 12.8 Å². The first kappa shape index (κ1) is 12.3. The standard InChI is InChI=1S/C13H26N2O/c1-16-13-7-3-2-6-12(13)14-8-11-15-9-4-5-10-15/h12-14H,2-11H2,1H3. The van der Waals surface area contributed by atoms with Gasteiger partial charge in [-0.15, -0.1) is 0 Å². The Labute approximate surface area is 99.5 Å². The van der Waals surface area contributed by atoms with Gasteiger partial charge in [-0.25, -0.2) is 0 Å². The van der Waals surface area contributed by atoms with Crippen LogP contribution in [0, 0.1) is 0 Å². The van der Waals surface area contributed by atoms with Crippen molar-refractivity contribution in [2.45, 2.75) is 50.7 Å². The fourth-order valence-electron chi connectivity index (χ4n) is 3.03. The van der Waals surface area contributed by atoms with Crippen LogP contribution in [0.5, 0.6) is 0 Å². The van der Waals surface area contributed by atoms with Gasteiger partial charge in [0, 0.05) is 26.2 Å². The van der Waals surface area contributed by atoms with E-state index in [1.807, 2.05) is 7.11 Å². The van der Waals surface area contributed by atoms with Gasteiger partial charge in [-0.05, 0) is 38.8 Å². The number of nitrogens with zero attached hydrogens (tertiary/aromatic N) is 1. The number of methoxy groups -OCH3 is 1. The van der Waals surface area contributed by atoms with E-state index in [4.69, 9.17) is 4.74 Å². The molecule has 2 fully saturated rings. The van der Waals surface area contributed by atoms with Gasteiger partial charge in [-0.2, -0.15) is 0 Å². The lowest BCUT2D eigenvalue weighted by molar-refractivity contribution is 0.0413. The van der Waals surface area contributed by atoms with Crippen molar-refractivity contribution in [3.05, 3.63) is 0 Å². The van der Waals surface area contributed by atoms with E-state index in [2.05, 4.69) is 10.2 Å². The highest BCUT2D eigenvalue weighted by Crippen LogP contribution is 2.20. The topological polar surface area (TPSA) is 24.5 Å². The Bertz CT molecular complexity index is 192. The fourth-order valence-corrected chi connectivity index (χ4v) is 3.03. The number of rotatable bonds is 5. The molecule has 2 unspecified atom stereocenters. The van der Waals surface area contributed by atoms with Crippen molar-refractivity contribution in [2.75, 3.05) is 33.3 Å². The average molecular weight is 226 g/mol. The van der Waals surface area contributed by atoms with Crippen LogP contribution in [-0.2, 0) is 4.74 Å². The number of likely N-dealkylation sites (tertiary alicyclic amines) is 1. The summed E-state index contributed by atoms with van der Waals surface area (Å²) >= 11 is 0. The van der Waals surface area contributed by atoms with Crippen molar-refractivity contribution in [1.82, 2.24) is 10.2 Å². The van der Waals surface area contributed by atoms with Crippen molar-refractivity contribution in [3.63, 3.8) is 0 Å². The highest BCUT2D eigenvalue weighted by molar-refractivity contribution is 4.82. The summed E-state index contributed by atoms with van der Waals surface area (Å²) in [7, 11) is 1.85. The molecule has 2 atom stereocenters. The summed E-state index contributed by atoms with van der Waals surface area (Å²) in [5.41, 5.74) is 0. The van der Waals surface area contributed by atoms with E-state index < -0.39 is 0 Å². The lowest BCUT2D eigenvalue weighted by Crippen LogP contribution is -2.45. The first-order valence-electron chi connectivity index (χ1n) is 6.88. The molecular weight excluding hydrogens is 200 g/mol. The predicted molar refractivity (Wildman–Crippen MR) is 66.7 cm³/mol. The average Bonchev–Trinajstić information content (AvgIpc) is 2.83. The van der Waals surface area contributed by atoms with E-state index in [1.54, 1.807) is 0 Å². The highest BCUT2D eigenvalue weighted by atomic mass is 16.5. The maximum absolute atomic E-state index is 5.55. The van der Waals surface area contributed by atoms with E-state index >= 15 is 0 Å². The zero-order valence-corrected chi connectivity index (χ0v) is 10.6. The van der Waals surface area contributed by atoms with E-state index in [9.17, 15) is 0 Å². The number of nitrogens with one attached hydrogen (secondary N) is 1. The van der Waals surface area contributed by atoms with Crippen LogP contribution in [0.1, 0.15) is 38.5 Å². The lowest BCUT2D eigenvalue weighted by Gasteiger charge is -2.31. The zero-order valence-electron chi connectivity index (χ0n) is 10.6. The van der Waals surface area contributed by atoms with Gasteiger partial charge in [-0.3, -0.25) is 0 Å². The van der Waals surface area contributed by atoms with Crippen LogP contribution in [0.4, 0.5) is 0 Å². The Kier molecular flexibility index (Phi) is 5.07. The molecule has 1 saturated heterocycles. The Morgan fingerprint density at radius 2 is 1.88 bits per heavy atom. The highest BCUT2D eigenvalue weighted by Gasteiger charge is 2.24. The van der Waals surface area contributed by atoms with Crippen LogP contribution < -0.4 is 5.32 Å². The predicted octanol–water partition coefficient (Wildman–Crippen LogP) is 1.63. The third kappa shape index (κ3) is 3.44. The van der Waals surface area contributed by atoms with E-state index in [0.717, 1.165) is 6.54 Å². The van der Waals surface area contributed by atoms with Gasteiger partial charge >= 0.3 is 0 Å². The van der Waals surface area contributed by atoms with Gasteiger partial charge in [0.2, 0.25) is 0 Å². The summed E-state index contributed by atoms with van der Waals surface area (Å²) in [6.07, 6.45) is 8.46. The van der Waals surface area contributed by atoms with Crippen LogP contribution in [0.15, 0.2) is 0 Å². The van der Waals surface area contributed by atoms with Crippen LogP contribution >= 0.6 is 0 Å². The summed E-state index contributed by atoms with van der Waals surface area (Å²) < 4.78 is 5.55. The second kappa shape index (κ2) is 6.58. The molecule has 0 bridgehead atoms. The van der Waals surface area contributed by atoms with Crippen molar-refractivity contribution >= 4 is 0 Å². The quantitative estimate of drug-likeness (QED) is 0.771. The molecule has 1 heterocycles. The molecule has 2 rings (SSSR count). The van der Waals surface area contributed by atoms with Crippen LogP contribution in [0.3, 0.4) is 0 Å². The monoisotopic (exact) mass is 226 g/mol. The number of hydrogen-bond acceptors (Lipinski definition) is 3. The summed E-state index contributed by atoms with van der Waals surface area (Å²) in [5, 5.41) is 3.68. The minimum absolute atomic E-state index is 0.451. The molecule has 16 heavy (non-hydrogen) atoms. The first-order chi connectivity index (χ1) is 7.90. The van der Waals surface area contributed by atoms with Crippen molar-refractivity contribution in [1.29, 1.82) is 0 Å². The van der Waals surface area contributed by atoms with Gasteiger partial charge in [0.1, 0.15) is 0 Å². The Balaban J connectivity index is 1.63. The molecule has 0 spiro atoms. The fraction of sp³-hybridized carbons (Fsp3) is 1.00. The molecule has 3 heteroatoms. The Hall–Kier alpha value is -0.120. The van der Waals surface area contributed by atoms with Gasteiger partial charge in [0.25, 0.3) is 0 Å². The van der Waals surface area contributed by atoms with E-state index in [1.165, 1.54) is 58.2 Å². The van der Waals surface area contributed by atoms with Crippen molar-refractivity contribution in [2.24, 2.45) is 0 Å². The van der Waals surface area contributed by atoms with Crippen LogP contribution in [0.25, 0.3) is 0 Å². The minimum Gasteiger partial charge on any atom is -0.380 e. The molecule has 1 N–H and O–H groups in total. The second-order valence-corrected chi connectivity index (χ2v) is 5.17. The summed E-state index contributed by atoms with van der Waals surface area (Å²) in [6, 6.07) is 0.598. The van der Waals surface area contributed by atoms with Gasteiger partial charge < -0.3 is 15.0 Å². The Morgan fingerprint density at radius 1 is 1.12 bits per heavy atom. The van der Waals surface area contributed by atoms with Crippen molar-refractivity contribution < 1.29 is 4.74 Å². The molecule has 2 aliphatic rings. The third-order valence-electron chi connectivity index (χ3n) is 4.04. The molecule has 0 aromatic rings. The molecule has 1 aliphatic carbocycles. The molecular formula is C13H26N2O.